The quantitative estimate of drug-likeness (QED) is 0.0608. The third-order valence-corrected chi connectivity index (χ3v) is 6.88. The number of carbonyl (C=O) groups excluding carboxylic acids is 5. The van der Waals surface area contributed by atoms with Crippen LogP contribution in [-0.2, 0) is 49.2 Å². The van der Waals surface area contributed by atoms with Gasteiger partial charge in [-0.25, -0.2) is 4.79 Å². The zero-order chi connectivity index (χ0) is 32.7. The summed E-state index contributed by atoms with van der Waals surface area (Å²) in [4.78, 5) is 101. The number of nitrogens with two attached hydrogens (primary N) is 2. The monoisotopic (exact) mass is 634 g/mol. The maximum Gasteiger partial charge on any atom is 0.327 e. The molecule has 1 aliphatic heterocycles. The molecule has 21 heteroatoms. The van der Waals surface area contributed by atoms with Gasteiger partial charge in [-0.1, -0.05) is 0 Å². The topological polar surface area (TPSA) is 339 Å². The molecular formula is C22H34N8O12S. The van der Waals surface area contributed by atoms with Gasteiger partial charge in [0.25, 0.3) is 0 Å². The highest BCUT2D eigenvalue weighted by molar-refractivity contribution is 7.85. The Morgan fingerprint density at radius 1 is 0.814 bits per heavy atom. The van der Waals surface area contributed by atoms with E-state index in [1.807, 2.05) is 5.32 Å². The molecule has 12 N–H and O–H groups in total. The number of carboxylic acid groups (broad SMARTS) is 3. The molecule has 1 rings (SSSR count). The maximum atomic E-state index is 13.0. The van der Waals surface area contributed by atoms with E-state index in [1.54, 1.807) is 0 Å². The standard InChI is InChI=1S/C22H34N8O12S/c23-22(24)25-5-1-2-10-18(37)26-7-14(31)28-12(6-17(35)36)20(39)30-13(21(40)41)8-43(42)9-15(32)27-11(19(38)29-10)3-4-16(33)34/h10-13H,1-9H2,(H,26,37)(H,27,32)(H,28,31)(H,29,38)(H,30,39)(H,33,34)(H,35,36)(H,40,41)(H4,23,24,25)/t10-,11-,12-,13-,43?/m0/s1. The average molecular weight is 635 g/mol. The fourth-order valence-corrected chi connectivity index (χ4v) is 4.67. The second kappa shape index (κ2) is 17.9. The Bertz CT molecular complexity index is 1160. The van der Waals surface area contributed by atoms with Crippen molar-refractivity contribution < 1.29 is 57.9 Å². The molecule has 0 aromatic carbocycles. The molecule has 1 saturated heterocycles. The van der Waals surface area contributed by atoms with Gasteiger partial charge in [-0.3, -0.25) is 42.8 Å². The Kier molecular flexibility index (Phi) is 15.1. The van der Waals surface area contributed by atoms with E-state index < -0.39 is 120 Å². The third-order valence-electron chi connectivity index (χ3n) is 5.59. The molecule has 0 aromatic rings. The van der Waals surface area contributed by atoms with E-state index >= 15 is 0 Å². The van der Waals surface area contributed by atoms with Gasteiger partial charge < -0.3 is 53.4 Å². The van der Waals surface area contributed by atoms with Crippen molar-refractivity contribution in [3.05, 3.63) is 0 Å². The smallest absolute Gasteiger partial charge is 0.327 e. The number of rotatable bonds is 10. The van der Waals surface area contributed by atoms with Crippen molar-refractivity contribution in [2.75, 3.05) is 24.6 Å². The summed E-state index contributed by atoms with van der Waals surface area (Å²) in [5.74, 6) is -11.7. The first-order valence-corrected chi connectivity index (χ1v) is 14.1. The maximum absolute atomic E-state index is 13.0. The van der Waals surface area contributed by atoms with Crippen LogP contribution in [0.2, 0.25) is 0 Å². The van der Waals surface area contributed by atoms with Gasteiger partial charge in [0.2, 0.25) is 29.5 Å². The molecule has 0 saturated carbocycles. The lowest BCUT2D eigenvalue weighted by atomic mass is 10.1. The van der Waals surface area contributed by atoms with E-state index in [0.29, 0.717) is 0 Å². The van der Waals surface area contributed by atoms with Crippen LogP contribution >= 0.6 is 0 Å². The molecule has 43 heavy (non-hydrogen) atoms. The van der Waals surface area contributed by atoms with Crippen LogP contribution in [0.15, 0.2) is 4.99 Å². The van der Waals surface area contributed by atoms with Crippen LogP contribution in [0.5, 0.6) is 0 Å². The van der Waals surface area contributed by atoms with Crippen molar-refractivity contribution in [1.29, 1.82) is 0 Å². The number of amides is 5. The number of nitrogens with one attached hydrogen (secondary N) is 5. The molecule has 0 bridgehead atoms. The number of aliphatic imine (C=N–C) groups is 1. The van der Waals surface area contributed by atoms with Crippen molar-refractivity contribution in [2.45, 2.75) is 56.3 Å². The molecule has 5 atom stereocenters. The van der Waals surface area contributed by atoms with Crippen molar-refractivity contribution in [1.82, 2.24) is 26.6 Å². The highest BCUT2D eigenvalue weighted by atomic mass is 32.2. The Morgan fingerprint density at radius 2 is 1.42 bits per heavy atom. The third kappa shape index (κ3) is 14.6. The van der Waals surface area contributed by atoms with E-state index in [2.05, 4.69) is 26.3 Å². The highest BCUT2D eigenvalue weighted by Crippen LogP contribution is 2.05. The summed E-state index contributed by atoms with van der Waals surface area (Å²) in [6, 6.07) is -6.56. The predicted molar refractivity (Wildman–Crippen MR) is 145 cm³/mol. The molecule has 1 heterocycles. The Hall–Kier alpha value is -4.82. The Morgan fingerprint density at radius 3 is 2.00 bits per heavy atom. The van der Waals surface area contributed by atoms with Gasteiger partial charge in [-0.15, -0.1) is 0 Å². The second-order valence-corrected chi connectivity index (χ2v) is 10.7. The molecule has 20 nitrogen and oxygen atoms in total. The largest absolute Gasteiger partial charge is 0.481 e. The number of carbonyl (C=O) groups is 8. The average Bonchev–Trinajstić information content (AvgIpc) is 2.89. The first kappa shape index (κ1) is 36.2. The summed E-state index contributed by atoms with van der Waals surface area (Å²) in [5, 5.41) is 38.4. The van der Waals surface area contributed by atoms with Gasteiger partial charge >= 0.3 is 17.9 Å². The molecule has 1 fully saturated rings. The molecule has 0 radical (unpaired) electrons. The lowest BCUT2D eigenvalue weighted by Gasteiger charge is -2.24. The molecule has 1 aliphatic rings. The fraction of sp³-hybridized carbons (Fsp3) is 0.591. The van der Waals surface area contributed by atoms with Gasteiger partial charge in [0.15, 0.2) is 5.96 Å². The Balaban J connectivity index is 3.36. The predicted octanol–water partition coefficient (Wildman–Crippen LogP) is -5.72. The highest BCUT2D eigenvalue weighted by Gasteiger charge is 2.32. The second-order valence-electron chi connectivity index (χ2n) is 9.15. The van der Waals surface area contributed by atoms with E-state index in [0.717, 1.165) is 0 Å². The molecule has 0 aromatic heterocycles. The number of carboxylic acids is 3. The Labute approximate surface area is 246 Å². The zero-order valence-corrected chi connectivity index (χ0v) is 23.5. The van der Waals surface area contributed by atoms with Crippen LogP contribution in [0.25, 0.3) is 0 Å². The number of aliphatic carboxylic acids is 3. The lowest BCUT2D eigenvalue weighted by Crippen LogP contribution is -2.57. The first-order chi connectivity index (χ1) is 20.1. The van der Waals surface area contributed by atoms with E-state index in [1.165, 1.54) is 0 Å². The van der Waals surface area contributed by atoms with Gasteiger partial charge in [-0.05, 0) is 19.3 Å². The number of hydrogen-bond acceptors (Lipinski definition) is 10. The molecule has 0 spiro atoms. The molecule has 1 unspecified atom stereocenters. The number of nitrogens with zero attached hydrogens (tertiary/aromatic N) is 1. The summed E-state index contributed by atoms with van der Waals surface area (Å²) in [6.07, 6.45) is -1.97. The van der Waals surface area contributed by atoms with Crippen LogP contribution in [0.4, 0.5) is 0 Å². The van der Waals surface area contributed by atoms with Gasteiger partial charge in [0, 0.05) is 23.8 Å². The van der Waals surface area contributed by atoms with E-state index in [4.69, 9.17) is 21.7 Å². The molecule has 240 valence electrons. The number of guanidine groups is 1. The summed E-state index contributed by atoms with van der Waals surface area (Å²) in [7, 11) is -2.27. The minimum atomic E-state index is -2.27. The van der Waals surface area contributed by atoms with Crippen molar-refractivity contribution >= 4 is 64.2 Å². The zero-order valence-electron chi connectivity index (χ0n) is 22.7. The molecule has 5 amide bonds. The van der Waals surface area contributed by atoms with Crippen LogP contribution in [0, 0.1) is 0 Å². The minimum absolute atomic E-state index is 0.0385. The lowest BCUT2D eigenvalue weighted by molar-refractivity contribution is -0.143. The van der Waals surface area contributed by atoms with Crippen molar-refractivity contribution in [3.63, 3.8) is 0 Å². The molecular weight excluding hydrogens is 600 g/mol. The normalized spacial score (nSPS) is 24.5. The molecule has 0 aliphatic carbocycles. The minimum Gasteiger partial charge on any atom is -0.481 e. The van der Waals surface area contributed by atoms with E-state index in [-0.39, 0.29) is 25.3 Å². The van der Waals surface area contributed by atoms with Crippen molar-refractivity contribution in [2.24, 2.45) is 16.5 Å². The number of hydrogen-bond donors (Lipinski definition) is 10. The van der Waals surface area contributed by atoms with Crippen LogP contribution in [0.3, 0.4) is 0 Å². The van der Waals surface area contributed by atoms with Gasteiger partial charge in [0.1, 0.15) is 29.9 Å². The van der Waals surface area contributed by atoms with Gasteiger partial charge in [0.05, 0.1) is 18.7 Å². The summed E-state index contributed by atoms with van der Waals surface area (Å²) in [5.41, 5.74) is 10.5. The van der Waals surface area contributed by atoms with Crippen molar-refractivity contribution in [3.8, 4) is 0 Å². The summed E-state index contributed by atoms with van der Waals surface area (Å²) >= 11 is 0. The van der Waals surface area contributed by atoms with E-state index in [9.17, 15) is 47.7 Å². The summed E-state index contributed by atoms with van der Waals surface area (Å²) in [6.45, 7) is -0.773. The van der Waals surface area contributed by atoms with Crippen LogP contribution in [0.1, 0.15) is 32.1 Å². The summed E-state index contributed by atoms with van der Waals surface area (Å²) < 4.78 is 12.6. The van der Waals surface area contributed by atoms with Crippen LogP contribution < -0.4 is 38.1 Å². The fourth-order valence-electron chi connectivity index (χ4n) is 3.58. The van der Waals surface area contributed by atoms with Gasteiger partial charge in [-0.2, -0.15) is 0 Å². The SMILES string of the molecule is NC(N)=NCCC[C@@H]1NC(=O)[C@H](CCC(=O)O)NC(=O)CS(=O)C[C@@H](C(=O)O)NC(=O)[C@H](CC(=O)O)NC(=O)CNC1=O. The van der Waals surface area contributed by atoms with Crippen LogP contribution in [-0.4, -0.2) is 122 Å². The first-order valence-electron chi connectivity index (χ1n) is 12.6.